The molecule has 0 N–H and O–H groups in total. The van der Waals surface area contributed by atoms with E-state index in [2.05, 4.69) is 13.8 Å². The first-order valence-electron chi connectivity index (χ1n) is 7.75. The first-order chi connectivity index (χ1) is 10.3. The van der Waals surface area contributed by atoms with Crippen LogP contribution in [0, 0.1) is 6.92 Å². The molecule has 0 aliphatic rings. The molecule has 0 saturated heterocycles. The standard InChI is InChI=1S/C19H24O2/c1-3-4-5-6-15-20-17-11-13-19(14-12-17)21-18-9-7-16(2)8-10-18/h7-14H,3-6,15H2,1-2H3. The Morgan fingerprint density at radius 3 is 1.90 bits per heavy atom. The average molecular weight is 284 g/mol. The zero-order valence-corrected chi connectivity index (χ0v) is 13.0. The Morgan fingerprint density at radius 1 is 0.714 bits per heavy atom. The second-order valence-electron chi connectivity index (χ2n) is 5.30. The number of ether oxygens (including phenoxy) is 2. The van der Waals surface area contributed by atoms with Crippen molar-refractivity contribution in [2.75, 3.05) is 6.61 Å². The Morgan fingerprint density at radius 2 is 1.29 bits per heavy atom. The molecular weight excluding hydrogens is 260 g/mol. The lowest BCUT2D eigenvalue weighted by Crippen LogP contribution is -1.97. The monoisotopic (exact) mass is 284 g/mol. The third-order valence-corrected chi connectivity index (χ3v) is 3.35. The number of aryl methyl sites for hydroxylation is 1. The summed E-state index contributed by atoms with van der Waals surface area (Å²) in [4.78, 5) is 0. The van der Waals surface area contributed by atoms with E-state index < -0.39 is 0 Å². The smallest absolute Gasteiger partial charge is 0.127 e. The molecule has 2 rings (SSSR count). The van der Waals surface area contributed by atoms with Crippen LogP contribution in [-0.4, -0.2) is 6.61 Å². The molecule has 0 aromatic heterocycles. The van der Waals surface area contributed by atoms with Crippen LogP contribution in [0.15, 0.2) is 48.5 Å². The van der Waals surface area contributed by atoms with Crippen LogP contribution in [0.25, 0.3) is 0 Å². The number of rotatable bonds is 8. The number of unbranched alkanes of at least 4 members (excludes halogenated alkanes) is 3. The summed E-state index contributed by atoms with van der Waals surface area (Å²) >= 11 is 0. The van der Waals surface area contributed by atoms with Gasteiger partial charge in [0, 0.05) is 0 Å². The van der Waals surface area contributed by atoms with Gasteiger partial charge in [0.25, 0.3) is 0 Å². The van der Waals surface area contributed by atoms with Gasteiger partial charge in [0.2, 0.25) is 0 Å². The first kappa shape index (κ1) is 15.4. The minimum absolute atomic E-state index is 0.790. The van der Waals surface area contributed by atoms with Crippen LogP contribution in [0.2, 0.25) is 0 Å². The minimum atomic E-state index is 0.790. The summed E-state index contributed by atoms with van der Waals surface area (Å²) in [6.45, 7) is 5.07. The molecule has 0 aliphatic heterocycles. The normalized spacial score (nSPS) is 10.4. The fourth-order valence-electron chi connectivity index (χ4n) is 2.07. The Balaban J connectivity index is 1.80. The van der Waals surface area contributed by atoms with Crippen molar-refractivity contribution in [3.63, 3.8) is 0 Å². The van der Waals surface area contributed by atoms with Crippen LogP contribution in [0.5, 0.6) is 17.2 Å². The molecule has 0 amide bonds. The molecule has 2 aromatic rings. The fourth-order valence-corrected chi connectivity index (χ4v) is 2.07. The number of hydrogen-bond acceptors (Lipinski definition) is 2. The molecule has 21 heavy (non-hydrogen) atoms. The predicted octanol–water partition coefficient (Wildman–Crippen LogP) is 5.75. The van der Waals surface area contributed by atoms with E-state index in [-0.39, 0.29) is 0 Å². The van der Waals surface area contributed by atoms with Crippen LogP contribution in [0.1, 0.15) is 38.2 Å². The van der Waals surface area contributed by atoms with Gasteiger partial charge in [-0.25, -0.2) is 0 Å². The SMILES string of the molecule is CCCCCCOc1ccc(Oc2ccc(C)cc2)cc1. The molecule has 0 fully saturated rings. The molecule has 2 heteroatoms. The van der Waals surface area contributed by atoms with Crippen molar-refractivity contribution in [3.05, 3.63) is 54.1 Å². The lowest BCUT2D eigenvalue weighted by molar-refractivity contribution is 0.304. The molecule has 0 atom stereocenters. The van der Waals surface area contributed by atoms with Crippen molar-refractivity contribution >= 4 is 0 Å². The molecular formula is C19H24O2. The highest BCUT2D eigenvalue weighted by Crippen LogP contribution is 2.24. The molecule has 0 radical (unpaired) electrons. The highest BCUT2D eigenvalue weighted by atomic mass is 16.5. The maximum atomic E-state index is 5.79. The van der Waals surface area contributed by atoms with Crippen LogP contribution in [0.4, 0.5) is 0 Å². The van der Waals surface area contributed by atoms with Crippen molar-refractivity contribution < 1.29 is 9.47 Å². The zero-order chi connectivity index (χ0) is 14.9. The lowest BCUT2D eigenvalue weighted by Gasteiger charge is -2.08. The maximum absolute atomic E-state index is 5.79. The largest absolute Gasteiger partial charge is 0.494 e. The minimum Gasteiger partial charge on any atom is -0.494 e. The maximum Gasteiger partial charge on any atom is 0.127 e. The fraction of sp³-hybridized carbons (Fsp3) is 0.368. The van der Waals surface area contributed by atoms with Gasteiger partial charge in [-0.05, 0) is 49.7 Å². The highest BCUT2D eigenvalue weighted by molar-refractivity contribution is 5.36. The topological polar surface area (TPSA) is 18.5 Å². The Hall–Kier alpha value is -1.96. The van der Waals surface area contributed by atoms with Crippen molar-refractivity contribution in [3.8, 4) is 17.2 Å². The summed E-state index contributed by atoms with van der Waals surface area (Å²) in [5.74, 6) is 2.59. The van der Waals surface area contributed by atoms with Crippen LogP contribution in [0.3, 0.4) is 0 Å². The van der Waals surface area contributed by atoms with Gasteiger partial charge in [-0.3, -0.25) is 0 Å². The zero-order valence-electron chi connectivity index (χ0n) is 13.0. The van der Waals surface area contributed by atoms with E-state index in [1.165, 1.54) is 24.8 Å². The highest BCUT2D eigenvalue weighted by Gasteiger charge is 1.99. The number of benzene rings is 2. The van der Waals surface area contributed by atoms with Gasteiger partial charge in [-0.2, -0.15) is 0 Å². The lowest BCUT2D eigenvalue weighted by atomic mass is 10.2. The van der Waals surface area contributed by atoms with E-state index in [0.29, 0.717) is 0 Å². The first-order valence-corrected chi connectivity index (χ1v) is 7.75. The molecule has 0 aliphatic carbocycles. The summed E-state index contributed by atoms with van der Waals surface area (Å²) in [6.07, 6.45) is 4.90. The van der Waals surface area contributed by atoms with E-state index >= 15 is 0 Å². The molecule has 0 spiro atoms. The second kappa shape index (κ2) is 8.35. The quantitative estimate of drug-likeness (QED) is 0.575. The Bertz CT molecular complexity index is 514. The van der Waals surface area contributed by atoms with E-state index in [4.69, 9.17) is 9.47 Å². The summed E-state index contributed by atoms with van der Waals surface area (Å²) in [5.41, 5.74) is 1.23. The molecule has 0 saturated carbocycles. The average Bonchev–Trinajstić information content (AvgIpc) is 2.51. The van der Waals surface area contributed by atoms with Crippen molar-refractivity contribution in [2.24, 2.45) is 0 Å². The molecule has 2 aromatic carbocycles. The van der Waals surface area contributed by atoms with Crippen molar-refractivity contribution in [2.45, 2.75) is 39.5 Å². The van der Waals surface area contributed by atoms with Gasteiger partial charge < -0.3 is 9.47 Å². The Labute approximate surface area is 127 Å². The Kier molecular flexibility index (Phi) is 6.14. The van der Waals surface area contributed by atoms with Gasteiger partial charge in [0.05, 0.1) is 6.61 Å². The predicted molar refractivity (Wildman–Crippen MR) is 87.3 cm³/mol. The van der Waals surface area contributed by atoms with Gasteiger partial charge >= 0.3 is 0 Å². The van der Waals surface area contributed by atoms with E-state index in [1.54, 1.807) is 0 Å². The molecule has 2 nitrogen and oxygen atoms in total. The van der Waals surface area contributed by atoms with Crippen LogP contribution < -0.4 is 9.47 Å². The molecule has 0 bridgehead atoms. The van der Waals surface area contributed by atoms with Crippen LogP contribution in [-0.2, 0) is 0 Å². The molecule has 0 unspecified atom stereocenters. The third kappa shape index (κ3) is 5.50. The van der Waals surface area contributed by atoms with Crippen LogP contribution >= 0.6 is 0 Å². The van der Waals surface area contributed by atoms with Crippen molar-refractivity contribution in [1.29, 1.82) is 0 Å². The third-order valence-electron chi connectivity index (χ3n) is 3.35. The second-order valence-corrected chi connectivity index (χ2v) is 5.30. The molecule has 112 valence electrons. The van der Waals surface area contributed by atoms with E-state index in [0.717, 1.165) is 30.3 Å². The summed E-state index contributed by atoms with van der Waals surface area (Å²) in [6, 6.07) is 15.9. The van der Waals surface area contributed by atoms with E-state index in [1.807, 2.05) is 48.5 Å². The van der Waals surface area contributed by atoms with Gasteiger partial charge in [-0.15, -0.1) is 0 Å². The number of hydrogen-bond donors (Lipinski definition) is 0. The van der Waals surface area contributed by atoms with Gasteiger partial charge in [-0.1, -0.05) is 43.9 Å². The summed E-state index contributed by atoms with van der Waals surface area (Å²) in [5, 5.41) is 0. The van der Waals surface area contributed by atoms with Gasteiger partial charge in [0.1, 0.15) is 17.2 Å². The summed E-state index contributed by atoms with van der Waals surface area (Å²) < 4.78 is 11.5. The van der Waals surface area contributed by atoms with E-state index in [9.17, 15) is 0 Å². The molecule has 0 heterocycles. The van der Waals surface area contributed by atoms with Crippen molar-refractivity contribution in [1.82, 2.24) is 0 Å². The van der Waals surface area contributed by atoms with Gasteiger partial charge in [0.15, 0.2) is 0 Å². The summed E-state index contributed by atoms with van der Waals surface area (Å²) in [7, 11) is 0.